The molecule has 1 nitrogen and oxygen atoms in total. The highest BCUT2D eigenvalue weighted by molar-refractivity contribution is 6.16. The normalized spacial score (nSPS) is 14.2. The van der Waals surface area contributed by atoms with Crippen LogP contribution in [0.3, 0.4) is 0 Å². The standard InChI is InChI=1S/C27H27BO/c1-18(2)17-27(28,29-19(3)4)22-13-14-25-23-11-7-5-9-20(23)15-21-10-6-8-12-24(21)26(25)16-22/h5-14,16-17,19H,15H2,1-4H3. The average molecular weight is 378 g/mol. The molecule has 1 unspecified atom stereocenters. The highest BCUT2D eigenvalue weighted by Crippen LogP contribution is 2.42. The van der Waals surface area contributed by atoms with Gasteiger partial charge in [-0.1, -0.05) is 72.3 Å². The average Bonchev–Trinajstić information content (AvgIpc) is 2.81. The van der Waals surface area contributed by atoms with Crippen molar-refractivity contribution >= 4 is 7.85 Å². The Hall–Kier alpha value is -2.58. The first kappa shape index (κ1) is 19.7. The quantitative estimate of drug-likeness (QED) is 0.286. The fourth-order valence-corrected chi connectivity index (χ4v) is 4.33. The van der Waals surface area contributed by atoms with E-state index in [4.69, 9.17) is 12.6 Å². The summed E-state index contributed by atoms with van der Waals surface area (Å²) < 4.78 is 6.22. The molecule has 1 aliphatic carbocycles. The van der Waals surface area contributed by atoms with Crippen molar-refractivity contribution in [2.45, 2.75) is 45.7 Å². The molecule has 0 spiro atoms. The molecule has 2 radical (unpaired) electrons. The number of allylic oxidation sites excluding steroid dienone is 1. The van der Waals surface area contributed by atoms with E-state index in [1.165, 1.54) is 33.4 Å². The smallest absolute Gasteiger partial charge is 0.126 e. The molecule has 2 heteroatoms. The summed E-state index contributed by atoms with van der Waals surface area (Å²) in [5.74, 6) is 0. The van der Waals surface area contributed by atoms with Gasteiger partial charge in [-0.05, 0) is 79.1 Å². The SMILES string of the molecule is [B]C(C=C(C)C)(OC(C)C)c1ccc2c(c1)-c1ccccc1Cc1ccccc1-2. The second-order valence-electron chi connectivity index (χ2n) is 8.43. The van der Waals surface area contributed by atoms with Crippen molar-refractivity contribution in [3.05, 3.63) is 95.1 Å². The molecule has 0 bridgehead atoms. The Morgan fingerprint density at radius 3 is 2.03 bits per heavy atom. The molecule has 1 aliphatic rings. The summed E-state index contributed by atoms with van der Waals surface area (Å²) in [4.78, 5) is 0. The van der Waals surface area contributed by atoms with E-state index in [1.807, 2.05) is 19.9 Å². The Kier molecular flexibility index (Phi) is 5.23. The van der Waals surface area contributed by atoms with Gasteiger partial charge in [0.2, 0.25) is 0 Å². The lowest BCUT2D eigenvalue weighted by Gasteiger charge is -2.32. The van der Waals surface area contributed by atoms with E-state index < -0.39 is 5.50 Å². The third-order valence-electron chi connectivity index (χ3n) is 5.40. The Morgan fingerprint density at radius 2 is 1.45 bits per heavy atom. The van der Waals surface area contributed by atoms with Gasteiger partial charge in [0.25, 0.3) is 0 Å². The Balaban J connectivity index is 1.97. The topological polar surface area (TPSA) is 9.23 Å². The lowest BCUT2D eigenvalue weighted by atomic mass is 9.73. The number of hydrogen-bond donors (Lipinski definition) is 0. The number of fused-ring (bicyclic) bond motifs is 5. The van der Waals surface area contributed by atoms with E-state index >= 15 is 0 Å². The van der Waals surface area contributed by atoms with Gasteiger partial charge in [-0.25, -0.2) is 0 Å². The predicted molar refractivity (Wildman–Crippen MR) is 123 cm³/mol. The summed E-state index contributed by atoms with van der Waals surface area (Å²) in [5.41, 5.74) is 8.87. The Morgan fingerprint density at radius 1 is 0.862 bits per heavy atom. The van der Waals surface area contributed by atoms with Crippen molar-refractivity contribution in [2.75, 3.05) is 0 Å². The zero-order chi connectivity index (χ0) is 20.6. The van der Waals surface area contributed by atoms with Crippen LogP contribution in [0.4, 0.5) is 0 Å². The van der Waals surface area contributed by atoms with Gasteiger partial charge in [0.05, 0.1) is 11.6 Å². The molecule has 29 heavy (non-hydrogen) atoms. The summed E-state index contributed by atoms with van der Waals surface area (Å²) in [6, 6.07) is 23.9. The molecule has 3 aromatic rings. The third-order valence-corrected chi connectivity index (χ3v) is 5.40. The number of hydrogen-bond acceptors (Lipinski definition) is 1. The largest absolute Gasteiger partial charge is 0.374 e. The minimum absolute atomic E-state index is 0.0161. The zero-order valence-electron chi connectivity index (χ0n) is 17.7. The monoisotopic (exact) mass is 378 g/mol. The summed E-state index contributed by atoms with van der Waals surface area (Å²) in [7, 11) is 6.81. The van der Waals surface area contributed by atoms with Gasteiger partial charge in [0.1, 0.15) is 7.85 Å². The second kappa shape index (κ2) is 7.69. The Bertz CT molecular complexity index is 1080. The molecule has 4 rings (SSSR count). The lowest BCUT2D eigenvalue weighted by Crippen LogP contribution is -2.31. The van der Waals surface area contributed by atoms with Gasteiger partial charge in [-0.15, -0.1) is 0 Å². The van der Waals surface area contributed by atoms with E-state index in [2.05, 4.69) is 80.6 Å². The number of ether oxygens (including phenoxy) is 1. The first-order chi connectivity index (χ1) is 13.9. The fraction of sp³-hybridized carbons (Fsp3) is 0.259. The minimum atomic E-state index is -0.956. The maximum atomic E-state index is 6.81. The molecule has 0 aliphatic heterocycles. The molecule has 0 amide bonds. The van der Waals surface area contributed by atoms with Crippen LogP contribution in [0.2, 0.25) is 0 Å². The molecule has 1 atom stereocenters. The van der Waals surface area contributed by atoms with Gasteiger partial charge in [0, 0.05) is 0 Å². The fourth-order valence-electron chi connectivity index (χ4n) is 4.33. The van der Waals surface area contributed by atoms with Crippen molar-refractivity contribution in [3.8, 4) is 22.3 Å². The first-order valence-electron chi connectivity index (χ1n) is 10.3. The van der Waals surface area contributed by atoms with Crippen LogP contribution in [0.5, 0.6) is 0 Å². The molecule has 0 saturated heterocycles. The number of benzene rings is 3. The summed E-state index contributed by atoms with van der Waals surface area (Å²) in [6.45, 7) is 8.16. The van der Waals surface area contributed by atoms with Crippen LogP contribution < -0.4 is 0 Å². The van der Waals surface area contributed by atoms with E-state index in [-0.39, 0.29) is 6.10 Å². The molecule has 0 saturated carbocycles. The van der Waals surface area contributed by atoms with E-state index in [1.54, 1.807) is 0 Å². The maximum absolute atomic E-state index is 6.81. The van der Waals surface area contributed by atoms with Gasteiger partial charge in [-0.3, -0.25) is 0 Å². The van der Waals surface area contributed by atoms with E-state index in [9.17, 15) is 0 Å². The van der Waals surface area contributed by atoms with E-state index in [0.717, 1.165) is 17.6 Å². The molecular formula is C27H27BO. The predicted octanol–water partition coefficient (Wildman–Crippen LogP) is 6.64. The van der Waals surface area contributed by atoms with Crippen molar-refractivity contribution < 1.29 is 4.74 Å². The third kappa shape index (κ3) is 3.82. The molecule has 0 aromatic heterocycles. The van der Waals surface area contributed by atoms with Gasteiger partial charge in [0.15, 0.2) is 0 Å². The van der Waals surface area contributed by atoms with Crippen LogP contribution in [0.1, 0.15) is 44.4 Å². The minimum Gasteiger partial charge on any atom is -0.374 e. The summed E-state index contributed by atoms with van der Waals surface area (Å²) in [6.07, 6.45) is 2.97. The van der Waals surface area contributed by atoms with Crippen molar-refractivity contribution in [2.24, 2.45) is 0 Å². The molecular weight excluding hydrogens is 351 g/mol. The first-order valence-corrected chi connectivity index (χ1v) is 10.3. The molecule has 0 N–H and O–H groups in total. The lowest BCUT2D eigenvalue weighted by molar-refractivity contribution is 0.00383. The van der Waals surface area contributed by atoms with Crippen LogP contribution in [0.15, 0.2) is 78.4 Å². The molecule has 144 valence electrons. The maximum Gasteiger partial charge on any atom is 0.126 e. The van der Waals surface area contributed by atoms with Crippen LogP contribution in [0, 0.1) is 0 Å². The van der Waals surface area contributed by atoms with Crippen molar-refractivity contribution in [1.82, 2.24) is 0 Å². The van der Waals surface area contributed by atoms with E-state index in [0.29, 0.717) is 0 Å². The van der Waals surface area contributed by atoms with Crippen molar-refractivity contribution in [3.63, 3.8) is 0 Å². The van der Waals surface area contributed by atoms with Crippen LogP contribution in [-0.4, -0.2) is 14.0 Å². The van der Waals surface area contributed by atoms with Crippen molar-refractivity contribution in [1.29, 1.82) is 0 Å². The number of rotatable bonds is 4. The summed E-state index contributed by atoms with van der Waals surface area (Å²) >= 11 is 0. The van der Waals surface area contributed by atoms with Gasteiger partial charge < -0.3 is 4.74 Å². The molecule has 0 heterocycles. The van der Waals surface area contributed by atoms with Crippen LogP contribution in [0.25, 0.3) is 22.3 Å². The Labute approximate surface area is 175 Å². The van der Waals surface area contributed by atoms with Gasteiger partial charge >= 0.3 is 0 Å². The highest BCUT2D eigenvalue weighted by atomic mass is 16.5. The molecule has 3 aromatic carbocycles. The van der Waals surface area contributed by atoms with Gasteiger partial charge in [-0.2, -0.15) is 0 Å². The highest BCUT2D eigenvalue weighted by Gasteiger charge is 2.28. The van der Waals surface area contributed by atoms with Crippen LogP contribution in [-0.2, 0) is 16.7 Å². The van der Waals surface area contributed by atoms with Crippen LogP contribution >= 0.6 is 0 Å². The molecule has 0 fully saturated rings. The zero-order valence-corrected chi connectivity index (χ0v) is 17.7. The second-order valence-corrected chi connectivity index (χ2v) is 8.43. The summed E-state index contributed by atoms with van der Waals surface area (Å²) in [5, 5.41) is 0.